The molecule has 0 bridgehead atoms. The smallest absolute Gasteiger partial charge is 0.333 e. The van der Waals surface area contributed by atoms with Gasteiger partial charge in [0.1, 0.15) is 0 Å². The summed E-state index contributed by atoms with van der Waals surface area (Å²) in [6.07, 6.45) is 5.40. The van der Waals surface area contributed by atoms with Crippen LogP contribution in [0.15, 0.2) is 59.4 Å². The molecule has 2 aromatic carbocycles. The van der Waals surface area contributed by atoms with Gasteiger partial charge in [0.2, 0.25) is 0 Å². The van der Waals surface area contributed by atoms with Crippen LogP contribution in [0.4, 0.5) is 0 Å². The summed E-state index contributed by atoms with van der Waals surface area (Å²) >= 11 is 0. The van der Waals surface area contributed by atoms with Crippen molar-refractivity contribution in [2.45, 2.75) is 45.1 Å². The number of carbonyl (C=O) groups is 1. The van der Waals surface area contributed by atoms with E-state index in [-0.39, 0.29) is 11.7 Å². The van der Waals surface area contributed by atoms with Crippen LogP contribution in [0.5, 0.6) is 0 Å². The summed E-state index contributed by atoms with van der Waals surface area (Å²) in [7, 11) is 1.42. The lowest BCUT2D eigenvalue weighted by Crippen LogP contribution is -2.23. The van der Waals surface area contributed by atoms with Crippen LogP contribution < -0.4 is 5.69 Å². The molecule has 0 aliphatic heterocycles. The van der Waals surface area contributed by atoms with E-state index in [1.165, 1.54) is 7.11 Å². The van der Waals surface area contributed by atoms with Gasteiger partial charge >= 0.3 is 11.7 Å². The molecular formula is C22H26N2O3. The standard InChI is InChI=1S/C22H26N2O3/c1-27-21(25)16-8-3-2-4-11-17-23-19-14-9-10-15-20(19)24(22(23)26)18-12-6-5-7-13-18/h5-7,9-10,12-15H,2-4,8,11,16-17H2,1H3. The first-order valence-electron chi connectivity index (χ1n) is 9.55. The molecule has 142 valence electrons. The van der Waals surface area contributed by atoms with Gasteiger partial charge < -0.3 is 4.74 Å². The van der Waals surface area contributed by atoms with Crippen molar-refractivity contribution in [2.75, 3.05) is 7.11 Å². The monoisotopic (exact) mass is 366 g/mol. The Labute approximate surface area is 159 Å². The molecule has 0 N–H and O–H groups in total. The number of nitrogens with zero attached hydrogens (tertiary/aromatic N) is 2. The van der Waals surface area contributed by atoms with Gasteiger partial charge in [-0.05, 0) is 37.1 Å². The Morgan fingerprint density at radius 2 is 1.48 bits per heavy atom. The van der Waals surface area contributed by atoms with Crippen LogP contribution in [0.2, 0.25) is 0 Å². The first kappa shape index (κ1) is 19.0. The van der Waals surface area contributed by atoms with Crippen molar-refractivity contribution in [2.24, 2.45) is 0 Å². The zero-order valence-corrected chi connectivity index (χ0v) is 15.8. The predicted molar refractivity (Wildman–Crippen MR) is 107 cm³/mol. The normalized spacial score (nSPS) is 11.0. The number of methoxy groups -OCH3 is 1. The van der Waals surface area contributed by atoms with E-state index >= 15 is 0 Å². The zero-order chi connectivity index (χ0) is 19.1. The van der Waals surface area contributed by atoms with Crippen LogP contribution in [0, 0.1) is 0 Å². The molecule has 0 radical (unpaired) electrons. The van der Waals surface area contributed by atoms with Crippen LogP contribution in [0.25, 0.3) is 16.7 Å². The van der Waals surface area contributed by atoms with E-state index < -0.39 is 0 Å². The van der Waals surface area contributed by atoms with Gasteiger partial charge in [-0.25, -0.2) is 4.79 Å². The minimum Gasteiger partial charge on any atom is -0.469 e. The third kappa shape index (κ3) is 4.48. The third-order valence-electron chi connectivity index (χ3n) is 4.84. The number of hydrogen-bond acceptors (Lipinski definition) is 3. The molecule has 0 atom stereocenters. The molecule has 0 unspecified atom stereocenters. The minimum atomic E-state index is -0.143. The number of para-hydroxylation sites is 3. The number of carbonyl (C=O) groups excluding carboxylic acids is 1. The number of aryl methyl sites for hydroxylation is 1. The van der Waals surface area contributed by atoms with Gasteiger partial charge in [0.25, 0.3) is 0 Å². The molecule has 0 aliphatic rings. The largest absolute Gasteiger partial charge is 0.469 e. The molecule has 0 saturated carbocycles. The predicted octanol–water partition coefficient (Wildman–Crippen LogP) is 4.31. The fourth-order valence-corrected chi connectivity index (χ4v) is 3.42. The lowest BCUT2D eigenvalue weighted by molar-refractivity contribution is -0.140. The van der Waals surface area contributed by atoms with E-state index in [4.69, 9.17) is 0 Å². The Bertz CT molecular complexity index is 941. The van der Waals surface area contributed by atoms with Crippen LogP contribution in [0.3, 0.4) is 0 Å². The number of hydrogen-bond donors (Lipinski definition) is 0. The van der Waals surface area contributed by atoms with E-state index in [1.54, 1.807) is 4.57 Å². The Kier molecular flexibility index (Phi) is 6.47. The Morgan fingerprint density at radius 3 is 2.22 bits per heavy atom. The van der Waals surface area contributed by atoms with Crippen LogP contribution in [-0.4, -0.2) is 22.2 Å². The molecule has 0 fully saturated rings. The second kappa shape index (κ2) is 9.21. The maximum atomic E-state index is 13.0. The average molecular weight is 366 g/mol. The van der Waals surface area contributed by atoms with Gasteiger partial charge in [-0.2, -0.15) is 0 Å². The van der Waals surface area contributed by atoms with Gasteiger partial charge in [0.15, 0.2) is 0 Å². The molecule has 3 rings (SSSR count). The quantitative estimate of drug-likeness (QED) is 0.419. The first-order chi connectivity index (χ1) is 13.2. The highest BCUT2D eigenvalue weighted by atomic mass is 16.5. The van der Waals surface area contributed by atoms with Crippen LogP contribution in [0.1, 0.15) is 38.5 Å². The molecular weight excluding hydrogens is 340 g/mol. The van der Waals surface area contributed by atoms with Crippen molar-refractivity contribution in [3.8, 4) is 5.69 Å². The minimum absolute atomic E-state index is 0.00749. The second-order valence-electron chi connectivity index (χ2n) is 6.69. The first-order valence-corrected chi connectivity index (χ1v) is 9.55. The molecule has 27 heavy (non-hydrogen) atoms. The number of benzene rings is 2. The lowest BCUT2D eigenvalue weighted by atomic mass is 10.1. The Morgan fingerprint density at radius 1 is 0.852 bits per heavy atom. The van der Waals surface area contributed by atoms with Gasteiger partial charge in [-0.1, -0.05) is 49.6 Å². The fraction of sp³-hybridized carbons (Fsp3) is 0.364. The second-order valence-corrected chi connectivity index (χ2v) is 6.69. The number of rotatable bonds is 9. The van der Waals surface area contributed by atoms with E-state index in [9.17, 15) is 9.59 Å². The Balaban J connectivity index is 1.66. The SMILES string of the molecule is COC(=O)CCCCCCCn1c(=O)n(-c2ccccc2)c2ccccc21. The number of unbranched alkanes of at least 4 members (excludes halogenated alkanes) is 4. The van der Waals surface area contributed by atoms with Crippen molar-refractivity contribution in [3.63, 3.8) is 0 Å². The van der Waals surface area contributed by atoms with E-state index in [0.29, 0.717) is 13.0 Å². The van der Waals surface area contributed by atoms with Crippen LogP contribution >= 0.6 is 0 Å². The Hall–Kier alpha value is -2.82. The summed E-state index contributed by atoms with van der Waals surface area (Å²) in [6, 6.07) is 17.7. The van der Waals surface area contributed by atoms with E-state index in [1.807, 2.05) is 59.2 Å². The average Bonchev–Trinajstić information content (AvgIpc) is 2.99. The molecule has 0 amide bonds. The summed E-state index contributed by atoms with van der Waals surface area (Å²) in [5.74, 6) is -0.143. The van der Waals surface area contributed by atoms with E-state index in [2.05, 4.69) is 4.74 Å². The van der Waals surface area contributed by atoms with Gasteiger partial charge in [0.05, 0.1) is 23.8 Å². The molecule has 1 heterocycles. The topological polar surface area (TPSA) is 53.2 Å². The molecule has 1 aromatic heterocycles. The number of esters is 1. The fourth-order valence-electron chi connectivity index (χ4n) is 3.42. The van der Waals surface area contributed by atoms with Crippen molar-refractivity contribution in [3.05, 3.63) is 65.1 Å². The van der Waals surface area contributed by atoms with E-state index in [0.717, 1.165) is 48.8 Å². The number of imidazole rings is 1. The molecule has 5 heteroatoms. The number of aromatic nitrogens is 2. The molecule has 0 spiro atoms. The summed E-state index contributed by atoms with van der Waals surface area (Å²) < 4.78 is 8.30. The summed E-state index contributed by atoms with van der Waals surface area (Å²) in [5.41, 5.74) is 2.80. The number of fused-ring (bicyclic) bond motifs is 1. The summed E-state index contributed by atoms with van der Waals surface area (Å²) in [5, 5.41) is 0. The molecule has 3 aromatic rings. The van der Waals surface area contributed by atoms with Crippen molar-refractivity contribution in [1.29, 1.82) is 0 Å². The highest BCUT2D eigenvalue weighted by Gasteiger charge is 2.13. The van der Waals surface area contributed by atoms with Crippen molar-refractivity contribution >= 4 is 17.0 Å². The van der Waals surface area contributed by atoms with Gasteiger partial charge in [0, 0.05) is 13.0 Å². The maximum Gasteiger partial charge on any atom is 0.333 e. The summed E-state index contributed by atoms with van der Waals surface area (Å²) in [6.45, 7) is 0.705. The maximum absolute atomic E-state index is 13.0. The highest BCUT2D eigenvalue weighted by Crippen LogP contribution is 2.18. The number of ether oxygens (including phenoxy) is 1. The summed E-state index contributed by atoms with van der Waals surface area (Å²) in [4.78, 5) is 24.1. The highest BCUT2D eigenvalue weighted by molar-refractivity contribution is 5.78. The molecule has 5 nitrogen and oxygen atoms in total. The zero-order valence-electron chi connectivity index (χ0n) is 15.8. The van der Waals surface area contributed by atoms with Crippen molar-refractivity contribution < 1.29 is 9.53 Å². The van der Waals surface area contributed by atoms with Crippen LogP contribution in [-0.2, 0) is 16.1 Å². The van der Waals surface area contributed by atoms with Crippen molar-refractivity contribution in [1.82, 2.24) is 9.13 Å². The van der Waals surface area contributed by atoms with Gasteiger partial charge in [-0.3, -0.25) is 13.9 Å². The third-order valence-corrected chi connectivity index (χ3v) is 4.84. The lowest BCUT2D eigenvalue weighted by Gasteiger charge is -2.04. The van der Waals surface area contributed by atoms with Gasteiger partial charge in [-0.15, -0.1) is 0 Å². The molecule has 0 saturated heterocycles. The molecule has 0 aliphatic carbocycles.